The van der Waals surface area contributed by atoms with E-state index < -0.39 is 0 Å². The zero-order chi connectivity index (χ0) is 11.4. The Hall–Kier alpha value is -0.0900. The minimum absolute atomic E-state index is 0.109. The first-order valence-electron chi connectivity index (χ1n) is 6.32. The van der Waals surface area contributed by atoms with E-state index in [1.807, 2.05) is 0 Å². The van der Waals surface area contributed by atoms with Crippen molar-refractivity contribution in [2.24, 2.45) is 0 Å². The van der Waals surface area contributed by atoms with E-state index in [0.29, 0.717) is 10.9 Å². The van der Waals surface area contributed by atoms with Crippen LogP contribution in [-0.4, -0.2) is 29.5 Å². The molecular formula is C12H20BrNO2. The molecule has 0 radical (unpaired) electrons. The maximum absolute atomic E-state index is 11.9. The minimum atomic E-state index is -0.185. The van der Waals surface area contributed by atoms with Crippen molar-refractivity contribution >= 4 is 21.8 Å². The summed E-state index contributed by atoms with van der Waals surface area (Å²) in [6.07, 6.45) is 7.43. The summed E-state index contributed by atoms with van der Waals surface area (Å²) >= 11 is 3.62. The standard InChI is InChI=1S/C12H20BrNO2/c13-9-4-6-10(7-5-9)14-12(15)11-3-1-2-8-16-11/h9-11H,1-8H2,(H,14,15). The number of hydrogen-bond acceptors (Lipinski definition) is 2. The van der Waals surface area contributed by atoms with Crippen molar-refractivity contribution in [1.29, 1.82) is 0 Å². The molecule has 0 aromatic carbocycles. The molecule has 1 saturated heterocycles. The van der Waals surface area contributed by atoms with Crippen LogP contribution >= 0.6 is 15.9 Å². The largest absolute Gasteiger partial charge is 0.368 e. The Kier molecular flexibility index (Phi) is 4.65. The van der Waals surface area contributed by atoms with E-state index in [-0.39, 0.29) is 12.0 Å². The molecule has 4 heteroatoms. The Balaban J connectivity index is 1.73. The first-order valence-corrected chi connectivity index (χ1v) is 7.23. The number of hydrogen-bond donors (Lipinski definition) is 1. The lowest BCUT2D eigenvalue weighted by Crippen LogP contribution is -2.45. The number of carbonyl (C=O) groups excluding carboxylic acids is 1. The summed E-state index contributed by atoms with van der Waals surface area (Å²) in [5.74, 6) is 0.109. The van der Waals surface area contributed by atoms with Gasteiger partial charge < -0.3 is 10.1 Å². The predicted octanol–water partition coefficient (Wildman–Crippen LogP) is 2.38. The van der Waals surface area contributed by atoms with Gasteiger partial charge in [0.2, 0.25) is 5.91 Å². The summed E-state index contributed by atoms with van der Waals surface area (Å²) in [4.78, 5) is 12.5. The Morgan fingerprint density at radius 3 is 2.50 bits per heavy atom. The number of alkyl halides is 1. The van der Waals surface area contributed by atoms with Crippen LogP contribution in [-0.2, 0) is 9.53 Å². The van der Waals surface area contributed by atoms with Crippen LogP contribution in [0.3, 0.4) is 0 Å². The lowest BCUT2D eigenvalue weighted by molar-refractivity contribution is -0.136. The fourth-order valence-corrected chi connectivity index (χ4v) is 2.97. The van der Waals surface area contributed by atoms with Crippen LogP contribution in [0.2, 0.25) is 0 Å². The quantitative estimate of drug-likeness (QED) is 0.793. The van der Waals surface area contributed by atoms with Crippen molar-refractivity contribution in [1.82, 2.24) is 5.32 Å². The Morgan fingerprint density at radius 2 is 1.88 bits per heavy atom. The van der Waals surface area contributed by atoms with E-state index in [1.165, 1.54) is 0 Å². The highest BCUT2D eigenvalue weighted by Gasteiger charge is 2.26. The van der Waals surface area contributed by atoms with Crippen LogP contribution in [0.5, 0.6) is 0 Å². The van der Waals surface area contributed by atoms with E-state index in [9.17, 15) is 4.79 Å². The second-order valence-electron chi connectivity index (χ2n) is 4.81. The van der Waals surface area contributed by atoms with E-state index in [2.05, 4.69) is 21.2 Å². The van der Waals surface area contributed by atoms with Gasteiger partial charge in [0.1, 0.15) is 6.10 Å². The van der Waals surface area contributed by atoms with Crippen LogP contribution in [0.25, 0.3) is 0 Å². The molecular weight excluding hydrogens is 270 g/mol. The van der Waals surface area contributed by atoms with Gasteiger partial charge in [-0.1, -0.05) is 15.9 Å². The van der Waals surface area contributed by atoms with Crippen molar-refractivity contribution in [3.63, 3.8) is 0 Å². The third kappa shape index (κ3) is 3.45. The molecule has 0 spiro atoms. The third-order valence-electron chi connectivity index (χ3n) is 3.48. The lowest BCUT2D eigenvalue weighted by atomic mass is 9.95. The van der Waals surface area contributed by atoms with E-state index in [4.69, 9.17) is 4.74 Å². The molecule has 3 nitrogen and oxygen atoms in total. The van der Waals surface area contributed by atoms with Crippen LogP contribution < -0.4 is 5.32 Å². The number of carbonyl (C=O) groups is 1. The zero-order valence-electron chi connectivity index (χ0n) is 9.58. The molecule has 1 amide bonds. The predicted molar refractivity (Wildman–Crippen MR) is 66.7 cm³/mol. The fourth-order valence-electron chi connectivity index (χ4n) is 2.44. The smallest absolute Gasteiger partial charge is 0.249 e. The summed E-state index contributed by atoms with van der Waals surface area (Å²) in [6.45, 7) is 0.742. The van der Waals surface area contributed by atoms with Gasteiger partial charge in [-0.2, -0.15) is 0 Å². The molecule has 1 atom stereocenters. The lowest BCUT2D eigenvalue weighted by Gasteiger charge is -2.29. The van der Waals surface area contributed by atoms with Crippen molar-refractivity contribution in [3.8, 4) is 0 Å². The first kappa shape index (κ1) is 12.4. The van der Waals surface area contributed by atoms with E-state index in [1.54, 1.807) is 0 Å². The van der Waals surface area contributed by atoms with Gasteiger partial charge in [0.05, 0.1) is 0 Å². The fraction of sp³-hybridized carbons (Fsp3) is 0.917. The normalized spacial score (nSPS) is 35.7. The third-order valence-corrected chi connectivity index (χ3v) is 4.39. The molecule has 1 aliphatic heterocycles. The van der Waals surface area contributed by atoms with Crippen molar-refractivity contribution in [2.75, 3.05) is 6.61 Å². The Labute approximate surface area is 105 Å². The first-order chi connectivity index (χ1) is 7.75. The van der Waals surface area contributed by atoms with Gasteiger partial charge in [-0.25, -0.2) is 0 Å². The van der Waals surface area contributed by atoms with Gasteiger partial charge in [0, 0.05) is 17.5 Å². The molecule has 1 N–H and O–H groups in total. The van der Waals surface area contributed by atoms with Gasteiger partial charge in [-0.15, -0.1) is 0 Å². The van der Waals surface area contributed by atoms with E-state index in [0.717, 1.165) is 51.6 Å². The number of amides is 1. The van der Waals surface area contributed by atoms with Crippen molar-refractivity contribution in [2.45, 2.75) is 61.9 Å². The van der Waals surface area contributed by atoms with Crippen molar-refractivity contribution < 1.29 is 9.53 Å². The topological polar surface area (TPSA) is 38.3 Å². The summed E-state index contributed by atoms with van der Waals surface area (Å²) in [5, 5.41) is 3.12. The summed E-state index contributed by atoms with van der Waals surface area (Å²) in [7, 11) is 0. The molecule has 2 fully saturated rings. The summed E-state index contributed by atoms with van der Waals surface area (Å²) < 4.78 is 5.48. The second kappa shape index (κ2) is 6.01. The highest BCUT2D eigenvalue weighted by Crippen LogP contribution is 2.24. The van der Waals surface area contributed by atoms with Crippen LogP contribution in [0.1, 0.15) is 44.9 Å². The van der Waals surface area contributed by atoms with Gasteiger partial charge in [-0.3, -0.25) is 4.79 Å². The molecule has 1 heterocycles. The van der Waals surface area contributed by atoms with Gasteiger partial charge >= 0.3 is 0 Å². The minimum Gasteiger partial charge on any atom is -0.368 e. The molecule has 1 unspecified atom stereocenters. The van der Waals surface area contributed by atoms with E-state index >= 15 is 0 Å². The van der Waals surface area contributed by atoms with Crippen LogP contribution in [0.15, 0.2) is 0 Å². The summed E-state index contributed by atoms with van der Waals surface area (Å²) in [5.41, 5.74) is 0. The molecule has 0 bridgehead atoms. The number of ether oxygens (including phenoxy) is 1. The molecule has 0 aromatic heterocycles. The monoisotopic (exact) mass is 289 g/mol. The second-order valence-corrected chi connectivity index (χ2v) is 6.11. The van der Waals surface area contributed by atoms with Gasteiger partial charge in [0.15, 0.2) is 0 Å². The molecule has 2 aliphatic rings. The number of nitrogens with one attached hydrogen (secondary N) is 1. The molecule has 1 saturated carbocycles. The van der Waals surface area contributed by atoms with Crippen LogP contribution in [0, 0.1) is 0 Å². The molecule has 16 heavy (non-hydrogen) atoms. The SMILES string of the molecule is O=C(NC1CCC(Br)CC1)C1CCCCO1. The Bertz CT molecular complexity index is 233. The maximum atomic E-state index is 11.9. The average Bonchev–Trinajstić information content (AvgIpc) is 2.33. The van der Waals surface area contributed by atoms with Gasteiger partial charge in [0.25, 0.3) is 0 Å². The number of halogens is 1. The highest BCUT2D eigenvalue weighted by atomic mass is 79.9. The summed E-state index contributed by atoms with van der Waals surface area (Å²) in [6, 6.07) is 0.367. The zero-order valence-corrected chi connectivity index (χ0v) is 11.2. The van der Waals surface area contributed by atoms with Crippen LogP contribution in [0.4, 0.5) is 0 Å². The highest BCUT2D eigenvalue weighted by molar-refractivity contribution is 9.09. The Morgan fingerprint density at radius 1 is 1.12 bits per heavy atom. The average molecular weight is 290 g/mol. The molecule has 0 aromatic rings. The number of rotatable bonds is 2. The molecule has 92 valence electrons. The molecule has 1 aliphatic carbocycles. The maximum Gasteiger partial charge on any atom is 0.249 e. The molecule has 2 rings (SSSR count). The van der Waals surface area contributed by atoms with Crippen molar-refractivity contribution in [3.05, 3.63) is 0 Å². The van der Waals surface area contributed by atoms with Gasteiger partial charge in [-0.05, 0) is 44.9 Å².